The van der Waals surface area contributed by atoms with Gasteiger partial charge in [0.25, 0.3) is 0 Å². The van der Waals surface area contributed by atoms with Crippen molar-refractivity contribution in [2.75, 3.05) is 0 Å². The molecule has 18 heavy (non-hydrogen) atoms. The predicted molar refractivity (Wildman–Crippen MR) is 68.3 cm³/mol. The first-order chi connectivity index (χ1) is 8.16. The van der Waals surface area contributed by atoms with Crippen LogP contribution in [-0.4, -0.2) is 34.0 Å². The van der Waals surface area contributed by atoms with Gasteiger partial charge >= 0.3 is 6.09 Å². The van der Waals surface area contributed by atoms with E-state index in [0.29, 0.717) is 5.92 Å². The molecule has 4 heteroatoms. The van der Waals surface area contributed by atoms with Crippen molar-refractivity contribution < 1.29 is 14.3 Å². The minimum atomic E-state index is -0.579. The Morgan fingerprint density at radius 3 is 2.39 bits per heavy atom. The molecule has 0 aromatic carbocycles. The summed E-state index contributed by atoms with van der Waals surface area (Å²) in [5, 5.41) is 0. The molecular formula is C14H23NO3. The minimum Gasteiger partial charge on any atom is -0.444 e. The summed E-state index contributed by atoms with van der Waals surface area (Å²) in [6.07, 6.45) is 2.24. The Hall–Kier alpha value is -1.06. The van der Waals surface area contributed by atoms with Gasteiger partial charge in [-0.1, -0.05) is 6.92 Å². The van der Waals surface area contributed by atoms with E-state index in [1.54, 1.807) is 11.8 Å². The number of rotatable bonds is 1. The van der Waals surface area contributed by atoms with Gasteiger partial charge in [0.15, 0.2) is 5.78 Å². The lowest BCUT2D eigenvalue weighted by molar-refractivity contribution is -0.158. The number of nitrogens with zero attached hydrogens (tertiary/aromatic N) is 1. The summed E-state index contributed by atoms with van der Waals surface area (Å²) < 4.78 is 5.42. The molecular weight excluding hydrogens is 230 g/mol. The first kappa shape index (κ1) is 13.4. The fourth-order valence-corrected chi connectivity index (χ4v) is 3.40. The second-order valence-corrected chi connectivity index (χ2v) is 6.84. The van der Waals surface area contributed by atoms with Gasteiger partial charge in [0.1, 0.15) is 11.1 Å². The highest BCUT2D eigenvalue weighted by Gasteiger charge is 2.61. The number of fused-ring (bicyclic) bond motifs is 2. The molecule has 102 valence electrons. The standard InChI is InChI=1S/C14H23NO3/c1-9-6-11-8-14(7-9,10(2)16)15(11)12(17)18-13(3,4)5/h9,11H,6-8H2,1-5H3. The van der Waals surface area contributed by atoms with Gasteiger partial charge in [0, 0.05) is 6.04 Å². The van der Waals surface area contributed by atoms with E-state index >= 15 is 0 Å². The molecule has 1 aliphatic carbocycles. The zero-order chi connectivity index (χ0) is 13.7. The van der Waals surface area contributed by atoms with Crippen LogP contribution in [0.15, 0.2) is 0 Å². The number of hydrogen-bond donors (Lipinski definition) is 0. The van der Waals surface area contributed by atoms with E-state index in [1.807, 2.05) is 20.8 Å². The zero-order valence-electron chi connectivity index (χ0n) is 11.9. The van der Waals surface area contributed by atoms with E-state index in [-0.39, 0.29) is 17.9 Å². The van der Waals surface area contributed by atoms with Crippen LogP contribution >= 0.6 is 0 Å². The molecule has 1 amide bonds. The second-order valence-electron chi connectivity index (χ2n) is 6.84. The zero-order valence-corrected chi connectivity index (χ0v) is 11.9. The summed E-state index contributed by atoms with van der Waals surface area (Å²) in [5.74, 6) is 0.600. The van der Waals surface area contributed by atoms with Crippen molar-refractivity contribution in [2.45, 2.75) is 71.1 Å². The van der Waals surface area contributed by atoms with Crippen molar-refractivity contribution in [3.63, 3.8) is 0 Å². The Morgan fingerprint density at radius 1 is 1.28 bits per heavy atom. The lowest BCUT2D eigenvalue weighted by atomic mass is 9.63. The van der Waals surface area contributed by atoms with E-state index in [1.165, 1.54) is 0 Å². The van der Waals surface area contributed by atoms with Gasteiger partial charge in [-0.3, -0.25) is 9.69 Å². The molecule has 3 unspecified atom stereocenters. The highest BCUT2D eigenvalue weighted by molar-refractivity contribution is 5.92. The van der Waals surface area contributed by atoms with Gasteiger partial charge in [-0.15, -0.1) is 0 Å². The summed E-state index contributed by atoms with van der Waals surface area (Å²) in [7, 11) is 0. The van der Waals surface area contributed by atoms with E-state index in [2.05, 4.69) is 6.92 Å². The Labute approximate surface area is 109 Å². The molecule has 2 saturated heterocycles. The Kier molecular flexibility index (Phi) is 2.95. The van der Waals surface area contributed by atoms with Crippen molar-refractivity contribution >= 4 is 11.9 Å². The number of carbonyl (C=O) groups excluding carboxylic acids is 2. The summed E-state index contributed by atoms with van der Waals surface area (Å²) in [6.45, 7) is 9.29. The Bertz CT molecular complexity index is 385. The molecule has 3 aliphatic rings. The molecule has 0 aromatic heterocycles. The van der Waals surface area contributed by atoms with Crippen LogP contribution in [0.2, 0.25) is 0 Å². The second kappa shape index (κ2) is 3.97. The average Bonchev–Trinajstić information content (AvgIpc) is 2.12. The number of Topliss-reactive ketones (excluding diaryl/α,β-unsaturated/α-hetero) is 1. The third-order valence-corrected chi connectivity index (χ3v) is 4.01. The summed E-state index contributed by atoms with van der Waals surface area (Å²) in [5.41, 5.74) is -1.09. The molecule has 2 bridgehead atoms. The average molecular weight is 253 g/mol. The topological polar surface area (TPSA) is 46.6 Å². The molecule has 0 N–H and O–H groups in total. The fraction of sp³-hybridized carbons (Fsp3) is 0.857. The largest absolute Gasteiger partial charge is 0.444 e. The molecule has 3 rings (SSSR count). The van der Waals surface area contributed by atoms with Gasteiger partial charge in [0.2, 0.25) is 0 Å². The number of ether oxygens (including phenoxy) is 1. The number of piperidine rings is 1. The Balaban J connectivity index is 2.18. The van der Waals surface area contributed by atoms with Gasteiger partial charge < -0.3 is 4.74 Å². The number of amides is 1. The summed E-state index contributed by atoms with van der Waals surface area (Å²) in [6, 6.07) is 0.187. The van der Waals surface area contributed by atoms with Crippen LogP contribution in [0.3, 0.4) is 0 Å². The molecule has 3 fully saturated rings. The molecule has 1 saturated carbocycles. The van der Waals surface area contributed by atoms with E-state index in [9.17, 15) is 9.59 Å². The molecule has 2 aliphatic heterocycles. The van der Waals surface area contributed by atoms with E-state index < -0.39 is 11.1 Å². The van der Waals surface area contributed by atoms with Crippen LogP contribution < -0.4 is 0 Å². The summed E-state index contributed by atoms with van der Waals surface area (Å²) in [4.78, 5) is 25.9. The molecule has 2 heterocycles. The number of ketones is 1. The predicted octanol–water partition coefficient (Wildman–Crippen LogP) is 2.75. The number of hydrogen-bond acceptors (Lipinski definition) is 3. The van der Waals surface area contributed by atoms with E-state index in [4.69, 9.17) is 4.74 Å². The van der Waals surface area contributed by atoms with Gasteiger partial charge in [0.05, 0.1) is 0 Å². The van der Waals surface area contributed by atoms with Crippen molar-refractivity contribution in [3.05, 3.63) is 0 Å². The normalized spacial score (nSPS) is 34.8. The highest BCUT2D eigenvalue weighted by atomic mass is 16.6. The van der Waals surface area contributed by atoms with Crippen LogP contribution in [0.25, 0.3) is 0 Å². The van der Waals surface area contributed by atoms with E-state index in [0.717, 1.165) is 19.3 Å². The summed E-state index contributed by atoms with van der Waals surface area (Å²) >= 11 is 0. The van der Waals surface area contributed by atoms with Crippen molar-refractivity contribution in [1.29, 1.82) is 0 Å². The van der Waals surface area contributed by atoms with Crippen molar-refractivity contribution in [1.82, 2.24) is 4.90 Å². The number of carbonyl (C=O) groups is 2. The molecule has 0 aromatic rings. The van der Waals surface area contributed by atoms with Crippen LogP contribution in [0.1, 0.15) is 53.9 Å². The van der Waals surface area contributed by atoms with Crippen LogP contribution in [0, 0.1) is 5.92 Å². The van der Waals surface area contributed by atoms with Gasteiger partial charge in [-0.25, -0.2) is 4.79 Å². The first-order valence-electron chi connectivity index (χ1n) is 6.69. The quantitative estimate of drug-likeness (QED) is 0.722. The molecule has 4 nitrogen and oxygen atoms in total. The molecule has 3 atom stereocenters. The van der Waals surface area contributed by atoms with Crippen LogP contribution in [0.5, 0.6) is 0 Å². The first-order valence-corrected chi connectivity index (χ1v) is 6.69. The van der Waals surface area contributed by atoms with Crippen LogP contribution in [-0.2, 0) is 9.53 Å². The SMILES string of the molecule is CC(=O)C12CC(C)CC(C1)N2C(=O)OC(C)(C)C. The maximum absolute atomic E-state index is 12.2. The molecule has 0 radical (unpaired) electrons. The third kappa shape index (κ3) is 2.02. The smallest absolute Gasteiger partial charge is 0.411 e. The fourth-order valence-electron chi connectivity index (χ4n) is 3.40. The highest BCUT2D eigenvalue weighted by Crippen LogP contribution is 2.50. The van der Waals surface area contributed by atoms with Crippen molar-refractivity contribution in [2.24, 2.45) is 5.92 Å². The van der Waals surface area contributed by atoms with Gasteiger partial charge in [-0.2, -0.15) is 0 Å². The minimum absolute atomic E-state index is 0.0937. The molecule has 0 spiro atoms. The van der Waals surface area contributed by atoms with Crippen LogP contribution in [0.4, 0.5) is 4.79 Å². The monoisotopic (exact) mass is 253 g/mol. The lowest BCUT2D eigenvalue weighted by Gasteiger charge is -2.61. The third-order valence-electron chi connectivity index (χ3n) is 4.01. The van der Waals surface area contributed by atoms with Gasteiger partial charge in [-0.05, 0) is 52.9 Å². The Morgan fingerprint density at radius 2 is 1.89 bits per heavy atom. The maximum Gasteiger partial charge on any atom is 0.411 e. The maximum atomic E-state index is 12.2. The lowest BCUT2D eigenvalue weighted by Crippen LogP contribution is -2.74. The van der Waals surface area contributed by atoms with Crippen molar-refractivity contribution in [3.8, 4) is 0 Å².